The molecule has 0 saturated heterocycles. The van der Waals surface area contributed by atoms with Gasteiger partial charge >= 0.3 is 0 Å². The molecule has 0 bridgehead atoms. The van der Waals surface area contributed by atoms with Gasteiger partial charge in [-0.1, -0.05) is 79.2 Å². The Morgan fingerprint density at radius 2 is 1.46 bits per heavy atom. The second-order valence-electron chi connectivity index (χ2n) is 9.81. The number of carbonyl (C=O) groups is 2. The van der Waals surface area contributed by atoms with Gasteiger partial charge in [-0.25, -0.2) is 8.42 Å². The molecule has 2 amide bonds. The van der Waals surface area contributed by atoms with Gasteiger partial charge in [0, 0.05) is 17.6 Å². The zero-order valence-electron chi connectivity index (χ0n) is 22.8. The number of halogens is 1. The van der Waals surface area contributed by atoms with Crippen molar-refractivity contribution in [3.63, 3.8) is 0 Å². The van der Waals surface area contributed by atoms with E-state index >= 15 is 0 Å². The summed E-state index contributed by atoms with van der Waals surface area (Å²) in [6.07, 6.45) is 0.800. The fraction of sp³-hybridized carbons (Fsp3) is 0.333. The number of anilines is 1. The molecule has 39 heavy (non-hydrogen) atoms. The number of benzene rings is 3. The number of carbonyl (C=O) groups excluding carboxylic acids is 2. The van der Waals surface area contributed by atoms with E-state index in [-0.39, 0.29) is 23.3 Å². The van der Waals surface area contributed by atoms with Crippen LogP contribution in [0.2, 0.25) is 0 Å². The van der Waals surface area contributed by atoms with Crippen LogP contribution in [0.3, 0.4) is 0 Å². The molecule has 1 N–H and O–H groups in total. The van der Waals surface area contributed by atoms with Gasteiger partial charge in [0.25, 0.3) is 10.0 Å². The minimum atomic E-state index is -4.07. The highest BCUT2D eigenvalue weighted by molar-refractivity contribution is 9.10. The fourth-order valence-corrected chi connectivity index (χ4v) is 5.67. The Morgan fingerprint density at radius 3 is 2.03 bits per heavy atom. The molecule has 0 saturated carbocycles. The minimum absolute atomic E-state index is 0.0829. The van der Waals surface area contributed by atoms with E-state index in [2.05, 4.69) is 21.2 Å². The van der Waals surface area contributed by atoms with Crippen molar-refractivity contribution < 1.29 is 18.0 Å². The molecule has 0 heterocycles. The van der Waals surface area contributed by atoms with Crippen LogP contribution in [0, 0.1) is 5.92 Å². The Balaban J connectivity index is 1.99. The first-order chi connectivity index (χ1) is 18.5. The average molecular weight is 615 g/mol. The summed E-state index contributed by atoms with van der Waals surface area (Å²) in [5.41, 5.74) is 2.25. The third-order valence-electron chi connectivity index (χ3n) is 6.36. The van der Waals surface area contributed by atoms with Crippen LogP contribution in [-0.4, -0.2) is 44.3 Å². The second-order valence-corrected chi connectivity index (χ2v) is 12.6. The molecule has 0 aliphatic heterocycles. The highest BCUT2D eigenvalue weighted by Gasteiger charge is 2.32. The lowest BCUT2D eigenvalue weighted by Crippen LogP contribution is -2.51. The van der Waals surface area contributed by atoms with E-state index in [0.29, 0.717) is 12.2 Å². The SMILES string of the molecule is CCc1ccc(N(CC(=O)N(Cc2ccc(Br)cc2)[C@H](C)C(=O)NCC(C)C)S(=O)(=O)c2ccccc2)cc1. The van der Waals surface area contributed by atoms with Crippen LogP contribution in [0.5, 0.6) is 0 Å². The molecule has 208 valence electrons. The van der Waals surface area contributed by atoms with Crippen molar-refractivity contribution in [2.24, 2.45) is 5.92 Å². The number of amides is 2. The van der Waals surface area contributed by atoms with Gasteiger partial charge in [-0.3, -0.25) is 13.9 Å². The molecule has 3 aromatic rings. The van der Waals surface area contributed by atoms with Crippen molar-refractivity contribution in [2.45, 2.75) is 51.6 Å². The normalized spacial score (nSPS) is 12.2. The Kier molecular flexibility index (Phi) is 10.7. The molecule has 0 aromatic heterocycles. The Labute approximate surface area is 240 Å². The third-order valence-corrected chi connectivity index (χ3v) is 8.68. The molecule has 0 fully saturated rings. The summed E-state index contributed by atoms with van der Waals surface area (Å²) in [6.45, 7) is 7.83. The van der Waals surface area contributed by atoms with Crippen LogP contribution in [-0.2, 0) is 32.6 Å². The molecule has 3 rings (SSSR count). The largest absolute Gasteiger partial charge is 0.354 e. The van der Waals surface area contributed by atoms with Crippen molar-refractivity contribution in [2.75, 3.05) is 17.4 Å². The highest BCUT2D eigenvalue weighted by atomic mass is 79.9. The maximum absolute atomic E-state index is 13.9. The molecular formula is C30H36BrN3O4S. The van der Waals surface area contributed by atoms with Gasteiger partial charge < -0.3 is 10.2 Å². The number of hydrogen-bond donors (Lipinski definition) is 1. The Hall–Kier alpha value is -3.17. The average Bonchev–Trinajstić information content (AvgIpc) is 2.94. The maximum Gasteiger partial charge on any atom is 0.264 e. The van der Waals surface area contributed by atoms with E-state index in [1.54, 1.807) is 37.3 Å². The van der Waals surface area contributed by atoms with E-state index in [1.807, 2.05) is 57.2 Å². The number of aryl methyl sites for hydroxylation is 1. The van der Waals surface area contributed by atoms with Gasteiger partial charge in [0.15, 0.2) is 0 Å². The van der Waals surface area contributed by atoms with Crippen LogP contribution in [0.25, 0.3) is 0 Å². The van der Waals surface area contributed by atoms with Gasteiger partial charge in [0.05, 0.1) is 10.6 Å². The molecule has 0 spiro atoms. The van der Waals surface area contributed by atoms with E-state index in [0.717, 1.165) is 26.3 Å². The predicted molar refractivity (Wildman–Crippen MR) is 159 cm³/mol. The quantitative estimate of drug-likeness (QED) is 0.296. The fourth-order valence-electron chi connectivity index (χ4n) is 3.97. The standard InChI is InChI=1S/C30H36BrN3O4S/c1-5-24-13-17-27(18-14-24)34(39(37,38)28-9-7-6-8-10-28)21-29(35)33(20-25-11-15-26(31)16-12-25)23(4)30(36)32-19-22(2)3/h6-18,22-23H,5,19-21H2,1-4H3,(H,32,36)/t23-/m1/s1. The monoisotopic (exact) mass is 613 g/mol. The van der Waals surface area contributed by atoms with Gasteiger partial charge in [-0.15, -0.1) is 0 Å². The molecule has 0 aliphatic carbocycles. The predicted octanol–water partition coefficient (Wildman–Crippen LogP) is 5.40. The number of nitrogens with zero attached hydrogens (tertiary/aromatic N) is 2. The summed E-state index contributed by atoms with van der Waals surface area (Å²) in [5.74, 6) is -0.530. The van der Waals surface area contributed by atoms with Crippen LogP contribution in [0.4, 0.5) is 5.69 Å². The van der Waals surface area contributed by atoms with Crippen LogP contribution in [0.1, 0.15) is 38.8 Å². The summed E-state index contributed by atoms with van der Waals surface area (Å²) in [6, 6.07) is 21.8. The minimum Gasteiger partial charge on any atom is -0.354 e. The van der Waals surface area contributed by atoms with Crippen molar-refractivity contribution >= 4 is 43.5 Å². The van der Waals surface area contributed by atoms with Crippen molar-refractivity contribution in [1.82, 2.24) is 10.2 Å². The molecule has 3 aromatic carbocycles. The zero-order valence-corrected chi connectivity index (χ0v) is 25.2. The lowest BCUT2D eigenvalue weighted by molar-refractivity contribution is -0.139. The number of hydrogen-bond acceptors (Lipinski definition) is 4. The van der Waals surface area contributed by atoms with Crippen LogP contribution < -0.4 is 9.62 Å². The van der Waals surface area contributed by atoms with Gasteiger partial charge in [-0.05, 0) is 66.8 Å². The highest BCUT2D eigenvalue weighted by Crippen LogP contribution is 2.25. The van der Waals surface area contributed by atoms with Gasteiger partial charge in [0.2, 0.25) is 11.8 Å². The van der Waals surface area contributed by atoms with E-state index in [4.69, 9.17) is 0 Å². The summed E-state index contributed by atoms with van der Waals surface area (Å²) >= 11 is 3.42. The van der Waals surface area contributed by atoms with Crippen LogP contribution >= 0.6 is 15.9 Å². The van der Waals surface area contributed by atoms with Gasteiger partial charge in [0.1, 0.15) is 12.6 Å². The molecule has 7 nitrogen and oxygen atoms in total. The topological polar surface area (TPSA) is 86.8 Å². The van der Waals surface area contributed by atoms with E-state index in [1.165, 1.54) is 17.0 Å². The molecule has 1 atom stereocenters. The second kappa shape index (κ2) is 13.8. The summed E-state index contributed by atoms with van der Waals surface area (Å²) in [4.78, 5) is 28.5. The molecule has 0 radical (unpaired) electrons. The first kappa shape index (κ1) is 30.4. The summed E-state index contributed by atoms with van der Waals surface area (Å²) < 4.78 is 29.6. The van der Waals surface area contributed by atoms with Crippen molar-refractivity contribution in [1.29, 1.82) is 0 Å². The number of sulfonamides is 1. The Bertz CT molecular complexity index is 1350. The van der Waals surface area contributed by atoms with Gasteiger partial charge in [-0.2, -0.15) is 0 Å². The zero-order chi connectivity index (χ0) is 28.6. The molecule has 0 unspecified atom stereocenters. The first-order valence-corrected chi connectivity index (χ1v) is 15.2. The third kappa shape index (κ3) is 8.16. The van der Waals surface area contributed by atoms with Crippen molar-refractivity contribution in [3.8, 4) is 0 Å². The smallest absolute Gasteiger partial charge is 0.264 e. The van der Waals surface area contributed by atoms with Crippen molar-refractivity contribution in [3.05, 3.63) is 94.5 Å². The number of rotatable bonds is 12. The van der Waals surface area contributed by atoms with E-state index < -0.39 is 28.5 Å². The molecular weight excluding hydrogens is 578 g/mol. The Morgan fingerprint density at radius 1 is 0.872 bits per heavy atom. The first-order valence-electron chi connectivity index (χ1n) is 13.0. The molecule has 9 heteroatoms. The lowest BCUT2D eigenvalue weighted by atomic mass is 10.1. The number of nitrogens with one attached hydrogen (secondary N) is 1. The maximum atomic E-state index is 13.9. The summed E-state index contributed by atoms with van der Waals surface area (Å²) in [5, 5.41) is 2.89. The van der Waals surface area contributed by atoms with E-state index in [9.17, 15) is 18.0 Å². The lowest BCUT2D eigenvalue weighted by Gasteiger charge is -2.32. The molecule has 0 aliphatic rings. The van der Waals surface area contributed by atoms with Crippen LogP contribution in [0.15, 0.2) is 88.2 Å². The summed E-state index contributed by atoms with van der Waals surface area (Å²) in [7, 11) is -4.07.